The normalized spacial score (nSPS) is 31.0. The minimum Gasteiger partial charge on any atom is -0.381 e. The summed E-state index contributed by atoms with van der Waals surface area (Å²) in [7, 11) is 0. The molecule has 0 radical (unpaired) electrons. The van der Waals surface area contributed by atoms with E-state index in [-0.39, 0.29) is 23.9 Å². The van der Waals surface area contributed by atoms with Crippen molar-refractivity contribution >= 4 is 5.91 Å². The molecule has 1 saturated carbocycles. The zero-order valence-corrected chi connectivity index (χ0v) is 15.1. The van der Waals surface area contributed by atoms with Crippen molar-refractivity contribution in [3.63, 3.8) is 0 Å². The van der Waals surface area contributed by atoms with E-state index < -0.39 is 0 Å². The summed E-state index contributed by atoms with van der Waals surface area (Å²) in [6, 6.07) is 0.501. The van der Waals surface area contributed by atoms with Crippen LogP contribution in [0.1, 0.15) is 69.1 Å². The predicted octanol–water partition coefficient (Wildman–Crippen LogP) is 1.59. The molecule has 25 heavy (non-hydrogen) atoms. The number of rotatable bonds is 2. The van der Waals surface area contributed by atoms with Crippen molar-refractivity contribution in [3.8, 4) is 0 Å². The molecule has 4 rings (SSSR count). The largest absolute Gasteiger partial charge is 0.381 e. The highest BCUT2D eigenvalue weighted by Gasteiger charge is 2.35. The van der Waals surface area contributed by atoms with Gasteiger partial charge in [-0.25, -0.2) is 0 Å². The van der Waals surface area contributed by atoms with Gasteiger partial charge < -0.3 is 19.9 Å². The molecule has 1 amide bonds. The van der Waals surface area contributed by atoms with Crippen molar-refractivity contribution in [2.75, 3.05) is 19.8 Å². The number of amides is 1. The van der Waals surface area contributed by atoms with E-state index in [2.05, 4.69) is 21.7 Å². The van der Waals surface area contributed by atoms with E-state index in [0.29, 0.717) is 12.5 Å². The molecule has 1 saturated heterocycles. The maximum atomic E-state index is 12.9. The van der Waals surface area contributed by atoms with Crippen molar-refractivity contribution in [3.05, 3.63) is 11.6 Å². The van der Waals surface area contributed by atoms with E-state index in [9.17, 15) is 4.79 Å². The molecule has 3 aliphatic rings. The van der Waals surface area contributed by atoms with E-state index in [1.807, 2.05) is 4.90 Å². The Bertz CT molecular complexity index is 617. The molecule has 0 aromatic carbocycles. The van der Waals surface area contributed by atoms with Gasteiger partial charge >= 0.3 is 0 Å². The number of ether oxygens (including phenoxy) is 1. The van der Waals surface area contributed by atoms with Crippen molar-refractivity contribution in [1.82, 2.24) is 19.7 Å². The summed E-state index contributed by atoms with van der Waals surface area (Å²) in [5, 5.41) is 8.92. The van der Waals surface area contributed by atoms with Gasteiger partial charge in [0.1, 0.15) is 5.82 Å². The Kier molecular flexibility index (Phi) is 4.78. The first-order valence-electron chi connectivity index (χ1n) is 9.69. The van der Waals surface area contributed by atoms with Crippen molar-refractivity contribution in [1.29, 1.82) is 0 Å². The topological polar surface area (TPSA) is 86.3 Å². The van der Waals surface area contributed by atoms with Crippen LogP contribution in [0.3, 0.4) is 0 Å². The van der Waals surface area contributed by atoms with Crippen LogP contribution in [0.15, 0.2) is 0 Å². The fourth-order valence-electron chi connectivity index (χ4n) is 4.59. The quantitative estimate of drug-likeness (QED) is 0.878. The minimum atomic E-state index is 0.136. The number of carbonyl (C=O) groups is 1. The molecule has 2 N–H and O–H groups in total. The van der Waals surface area contributed by atoms with Crippen LogP contribution in [0.2, 0.25) is 0 Å². The Morgan fingerprint density at radius 1 is 1.12 bits per heavy atom. The van der Waals surface area contributed by atoms with Gasteiger partial charge in [0.15, 0.2) is 5.82 Å². The van der Waals surface area contributed by atoms with Crippen LogP contribution >= 0.6 is 0 Å². The summed E-state index contributed by atoms with van der Waals surface area (Å²) in [4.78, 5) is 14.9. The highest BCUT2D eigenvalue weighted by Crippen LogP contribution is 2.32. The monoisotopic (exact) mass is 347 g/mol. The lowest BCUT2D eigenvalue weighted by molar-refractivity contribution is -0.138. The summed E-state index contributed by atoms with van der Waals surface area (Å²) in [5.41, 5.74) is 5.98. The molecule has 7 nitrogen and oxygen atoms in total. The lowest BCUT2D eigenvalue weighted by Crippen LogP contribution is -2.45. The van der Waals surface area contributed by atoms with Gasteiger partial charge in [0.25, 0.3) is 0 Å². The SMILES string of the molecule is C[C@H]1CN(C(=O)C2CCC(N)CC2)Cc2nnc(C3CCOCC3)n21. The number of hydrogen-bond acceptors (Lipinski definition) is 5. The van der Waals surface area contributed by atoms with Gasteiger partial charge in [-0.2, -0.15) is 0 Å². The smallest absolute Gasteiger partial charge is 0.226 e. The lowest BCUT2D eigenvalue weighted by atomic mass is 9.85. The molecule has 138 valence electrons. The first-order chi connectivity index (χ1) is 12.1. The van der Waals surface area contributed by atoms with Gasteiger partial charge in [-0.1, -0.05) is 0 Å². The first-order valence-corrected chi connectivity index (χ1v) is 9.69. The third kappa shape index (κ3) is 3.31. The molecule has 1 aromatic heterocycles. The van der Waals surface area contributed by atoms with Crippen LogP contribution in [0.4, 0.5) is 0 Å². The summed E-state index contributed by atoms with van der Waals surface area (Å²) in [6.45, 7) is 5.11. The second kappa shape index (κ2) is 7.03. The van der Waals surface area contributed by atoms with Crippen LogP contribution in [-0.2, 0) is 16.1 Å². The molecule has 1 atom stereocenters. The second-order valence-corrected chi connectivity index (χ2v) is 7.91. The van der Waals surface area contributed by atoms with Gasteiger partial charge in [-0.05, 0) is 45.4 Å². The van der Waals surface area contributed by atoms with E-state index in [1.165, 1.54) is 0 Å². The van der Waals surface area contributed by atoms with E-state index in [1.54, 1.807) is 0 Å². The maximum absolute atomic E-state index is 12.9. The van der Waals surface area contributed by atoms with Crippen LogP contribution in [0.25, 0.3) is 0 Å². The molecule has 2 aliphatic heterocycles. The van der Waals surface area contributed by atoms with Gasteiger partial charge in [-0.15, -0.1) is 10.2 Å². The average Bonchev–Trinajstić information content (AvgIpc) is 3.07. The second-order valence-electron chi connectivity index (χ2n) is 7.91. The van der Waals surface area contributed by atoms with E-state index in [0.717, 1.165) is 69.9 Å². The van der Waals surface area contributed by atoms with Gasteiger partial charge in [-0.3, -0.25) is 4.79 Å². The first kappa shape index (κ1) is 17.0. The van der Waals surface area contributed by atoms with Crippen LogP contribution in [0, 0.1) is 5.92 Å². The number of aromatic nitrogens is 3. The summed E-state index contributed by atoms with van der Waals surface area (Å²) in [6.07, 6.45) is 5.79. The van der Waals surface area contributed by atoms with Crippen molar-refractivity contribution in [2.45, 2.75) is 70.0 Å². The highest BCUT2D eigenvalue weighted by molar-refractivity contribution is 5.79. The van der Waals surface area contributed by atoms with E-state index >= 15 is 0 Å². The number of carbonyl (C=O) groups excluding carboxylic acids is 1. The maximum Gasteiger partial charge on any atom is 0.226 e. The van der Waals surface area contributed by atoms with E-state index in [4.69, 9.17) is 10.5 Å². The molecule has 2 fully saturated rings. The fraction of sp³-hybridized carbons (Fsp3) is 0.833. The Balaban J connectivity index is 1.48. The highest BCUT2D eigenvalue weighted by atomic mass is 16.5. The molecule has 1 aliphatic carbocycles. The number of hydrogen-bond donors (Lipinski definition) is 1. The third-order valence-corrected chi connectivity index (χ3v) is 6.07. The molecule has 0 bridgehead atoms. The summed E-state index contributed by atoms with van der Waals surface area (Å²) < 4.78 is 7.75. The number of fused-ring (bicyclic) bond motifs is 1. The Labute approximate surface area is 148 Å². The summed E-state index contributed by atoms with van der Waals surface area (Å²) >= 11 is 0. The number of nitrogens with zero attached hydrogens (tertiary/aromatic N) is 4. The zero-order valence-electron chi connectivity index (χ0n) is 15.1. The average molecular weight is 347 g/mol. The molecule has 0 spiro atoms. The Hall–Kier alpha value is -1.47. The van der Waals surface area contributed by atoms with Crippen molar-refractivity contribution in [2.24, 2.45) is 11.7 Å². The zero-order chi connectivity index (χ0) is 17.4. The Morgan fingerprint density at radius 3 is 2.56 bits per heavy atom. The number of nitrogens with two attached hydrogens (primary N) is 1. The van der Waals surface area contributed by atoms with Crippen molar-refractivity contribution < 1.29 is 9.53 Å². The minimum absolute atomic E-state index is 0.136. The van der Waals surface area contributed by atoms with Crippen LogP contribution in [0.5, 0.6) is 0 Å². The van der Waals surface area contributed by atoms with Gasteiger partial charge in [0, 0.05) is 37.6 Å². The molecule has 7 heteroatoms. The molecular weight excluding hydrogens is 318 g/mol. The molecule has 3 heterocycles. The summed E-state index contributed by atoms with van der Waals surface area (Å²) in [5.74, 6) is 2.86. The molecule has 1 aromatic rings. The lowest BCUT2D eigenvalue weighted by Gasteiger charge is -2.37. The predicted molar refractivity (Wildman–Crippen MR) is 92.9 cm³/mol. The Morgan fingerprint density at radius 2 is 1.84 bits per heavy atom. The van der Waals surface area contributed by atoms with Gasteiger partial charge in [0.2, 0.25) is 5.91 Å². The van der Waals surface area contributed by atoms with Crippen LogP contribution < -0.4 is 5.73 Å². The van der Waals surface area contributed by atoms with Crippen LogP contribution in [-0.4, -0.2) is 51.4 Å². The molecule has 0 unspecified atom stereocenters. The molecular formula is C18H29N5O2. The standard InChI is InChI=1S/C18H29N5O2/c1-12-10-22(18(24)14-2-4-15(19)5-3-14)11-16-20-21-17(23(12)16)13-6-8-25-9-7-13/h12-15H,2-11,19H2,1H3/t12-,14?,15?/m0/s1. The third-order valence-electron chi connectivity index (χ3n) is 6.07. The fourth-order valence-corrected chi connectivity index (χ4v) is 4.59. The van der Waals surface area contributed by atoms with Gasteiger partial charge in [0.05, 0.1) is 12.6 Å².